The topological polar surface area (TPSA) is 71.8 Å². The lowest BCUT2D eigenvalue weighted by molar-refractivity contribution is -0.123. The maximum Gasteiger partial charge on any atom is 0.223 e. The van der Waals surface area contributed by atoms with Crippen LogP contribution in [-0.4, -0.2) is 40.3 Å². The van der Waals surface area contributed by atoms with Crippen LogP contribution in [0.3, 0.4) is 0 Å². The zero-order chi connectivity index (χ0) is 14.9. The number of rotatable bonds is 5. The van der Waals surface area contributed by atoms with Crippen molar-refractivity contribution in [1.82, 2.24) is 25.4 Å². The van der Waals surface area contributed by atoms with E-state index in [9.17, 15) is 4.79 Å². The van der Waals surface area contributed by atoms with E-state index >= 15 is 0 Å². The fourth-order valence-electron chi connectivity index (χ4n) is 3.50. The molecule has 21 heavy (non-hydrogen) atoms. The lowest BCUT2D eigenvalue weighted by atomic mass is 9.92. The predicted octanol–water partition coefficient (Wildman–Crippen LogP) is 0.907. The van der Waals surface area contributed by atoms with Crippen molar-refractivity contribution < 1.29 is 4.79 Å². The third-order valence-corrected chi connectivity index (χ3v) is 4.92. The van der Waals surface area contributed by atoms with Gasteiger partial charge in [-0.05, 0) is 37.8 Å². The van der Waals surface area contributed by atoms with E-state index in [4.69, 9.17) is 0 Å². The molecule has 1 aromatic heterocycles. The second-order valence-corrected chi connectivity index (χ2v) is 6.70. The molecule has 6 nitrogen and oxygen atoms in total. The van der Waals surface area contributed by atoms with Gasteiger partial charge in [0.1, 0.15) is 12.2 Å². The minimum Gasteiger partial charge on any atom is -0.354 e. The standard InChI is InChI=1S/C15H25N5O/c1-11(2)13-19-18-10-20(13)8-7-17-14(21)12-9-15(12)3-5-16-6-4-15/h10-12,16H,3-9H2,1-2H3,(H,17,21). The van der Waals surface area contributed by atoms with E-state index in [0.29, 0.717) is 17.9 Å². The van der Waals surface area contributed by atoms with Crippen LogP contribution in [0.4, 0.5) is 0 Å². The van der Waals surface area contributed by atoms with Gasteiger partial charge in [-0.15, -0.1) is 10.2 Å². The summed E-state index contributed by atoms with van der Waals surface area (Å²) in [5.41, 5.74) is 0.314. The number of amides is 1. The van der Waals surface area contributed by atoms with Crippen molar-refractivity contribution >= 4 is 5.91 Å². The molecular formula is C15H25N5O. The van der Waals surface area contributed by atoms with Gasteiger partial charge in [0.05, 0.1) is 0 Å². The van der Waals surface area contributed by atoms with Crippen LogP contribution in [-0.2, 0) is 11.3 Å². The van der Waals surface area contributed by atoms with E-state index in [1.807, 2.05) is 4.57 Å². The number of hydrogen-bond donors (Lipinski definition) is 2. The Labute approximate surface area is 125 Å². The first-order valence-electron chi connectivity index (χ1n) is 7.98. The van der Waals surface area contributed by atoms with Crippen LogP contribution in [0.2, 0.25) is 0 Å². The molecule has 116 valence electrons. The van der Waals surface area contributed by atoms with E-state index in [2.05, 4.69) is 34.7 Å². The minimum absolute atomic E-state index is 0.232. The van der Waals surface area contributed by atoms with E-state index in [0.717, 1.165) is 44.7 Å². The van der Waals surface area contributed by atoms with Crippen molar-refractivity contribution in [3.05, 3.63) is 12.2 Å². The molecule has 1 atom stereocenters. The van der Waals surface area contributed by atoms with Crippen LogP contribution in [0, 0.1) is 11.3 Å². The highest BCUT2D eigenvalue weighted by atomic mass is 16.2. The number of aromatic nitrogens is 3. The Kier molecular flexibility index (Phi) is 3.97. The van der Waals surface area contributed by atoms with Crippen LogP contribution in [0.5, 0.6) is 0 Å². The SMILES string of the molecule is CC(C)c1nncn1CCNC(=O)C1CC12CCNCC2. The lowest BCUT2D eigenvalue weighted by Crippen LogP contribution is -2.34. The zero-order valence-corrected chi connectivity index (χ0v) is 12.9. The molecule has 1 aromatic rings. The Morgan fingerprint density at radius 3 is 3.00 bits per heavy atom. The summed E-state index contributed by atoms with van der Waals surface area (Å²) >= 11 is 0. The first kappa shape index (κ1) is 14.5. The molecule has 6 heteroatoms. The van der Waals surface area contributed by atoms with E-state index in [1.165, 1.54) is 0 Å². The molecule has 2 fully saturated rings. The summed E-state index contributed by atoms with van der Waals surface area (Å²) in [4.78, 5) is 12.3. The van der Waals surface area contributed by atoms with Crippen molar-refractivity contribution in [3.63, 3.8) is 0 Å². The van der Waals surface area contributed by atoms with Gasteiger partial charge < -0.3 is 15.2 Å². The molecule has 1 amide bonds. The number of piperidine rings is 1. The lowest BCUT2D eigenvalue weighted by Gasteiger charge is -2.23. The minimum atomic E-state index is 0.232. The molecule has 1 aliphatic carbocycles. The molecular weight excluding hydrogens is 266 g/mol. The van der Waals surface area contributed by atoms with Crippen LogP contribution in [0.25, 0.3) is 0 Å². The molecule has 0 bridgehead atoms. The smallest absolute Gasteiger partial charge is 0.223 e. The predicted molar refractivity (Wildman–Crippen MR) is 79.8 cm³/mol. The number of nitrogens with zero attached hydrogens (tertiary/aromatic N) is 3. The molecule has 1 unspecified atom stereocenters. The average Bonchev–Trinajstić information content (AvgIpc) is 2.95. The molecule has 1 saturated heterocycles. The van der Waals surface area contributed by atoms with Crippen LogP contribution >= 0.6 is 0 Å². The molecule has 1 spiro atoms. The summed E-state index contributed by atoms with van der Waals surface area (Å²) in [6.45, 7) is 7.72. The maximum atomic E-state index is 12.3. The average molecular weight is 291 g/mol. The first-order valence-corrected chi connectivity index (χ1v) is 7.98. The number of nitrogens with one attached hydrogen (secondary N) is 2. The molecule has 3 rings (SSSR count). The van der Waals surface area contributed by atoms with Gasteiger partial charge in [-0.3, -0.25) is 4.79 Å². The monoisotopic (exact) mass is 291 g/mol. The normalized spacial score (nSPS) is 23.5. The summed E-state index contributed by atoms with van der Waals surface area (Å²) in [5.74, 6) is 1.80. The van der Waals surface area contributed by atoms with Gasteiger partial charge in [0, 0.05) is 24.9 Å². The summed E-state index contributed by atoms with van der Waals surface area (Å²) in [6, 6.07) is 0. The highest BCUT2D eigenvalue weighted by Crippen LogP contribution is 2.58. The fourth-order valence-corrected chi connectivity index (χ4v) is 3.50. The van der Waals surface area contributed by atoms with Gasteiger partial charge in [0.2, 0.25) is 5.91 Å². The summed E-state index contributed by atoms with van der Waals surface area (Å²) in [7, 11) is 0. The maximum absolute atomic E-state index is 12.3. The summed E-state index contributed by atoms with van der Waals surface area (Å²) in [5, 5.41) is 14.5. The molecule has 2 aliphatic rings. The van der Waals surface area contributed by atoms with Crippen LogP contribution in [0.15, 0.2) is 6.33 Å². The van der Waals surface area contributed by atoms with Crippen LogP contribution in [0.1, 0.15) is 44.9 Å². The van der Waals surface area contributed by atoms with Crippen molar-refractivity contribution in [3.8, 4) is 0 Å². The zero-order valence-electron chi connectivity index (χ0n) is 12.9. The largest absolute Gasteiger partial charge is 0.354 e. The van der Waals surface area contributed by atoms with E-state index < -0.39 is 0 Å². The van der Waals surface area contributed by atoms with Gasteiger partial charge in [0.15, 0.2) is 0 Å². The molecule has 2 heterocycles. The van der Waals surface area contributed by atoms with E-state index in [1.54, 1.807) is 6.33 Å². The van der Waals surface area contributed by atoms with Gasteiger partial charge in [-0.2, -0.15) is 0 Å². The van der Waals surface area contributed by atoms with Gasteiger partial charge >= 0.3 is 0 Å². The molecule has 2 N–H and O–H groups in total. The number of carbonyl (C=O) groups excluding carboxylic acids is 1. The molecule has 1 aliphatic heterocycles. The Bertz CT molecular complexity index is 504. The second-order valence-electron chi connectivity index (χ2n) is 6.70. The summed E-state index contributed by atoms with van der Waals surface area (Å²) in [6.07, 6.45) is 5.11. The van der Waals surface area contributed by atoms with Gasteiger partial charge in [-0.25, -0.2) is 0 Å². The Hall–Kier alpha value is -1.43. The Balaban J connectivity index is 1.46. The van der Waals surface area contributed by atoms with Crippen molar-refractivity contribution in [2.75, 3.05) is 19.6 Å². The molecule has 0 radical (unpaired) electrons. The quantitative estimate of drug-likeness (QED) is 0.846. The highest BCUT2D eigenvalue weighted by molar-refractivity contribution is 5.82. The first-order chi connectivity index (χ1) is 10.1. The van der Waals surface area contributed by atoms with Gasteiger partial charge in [-0.1, -0.05) is 13.8 Å². The molecule has 1 saturated carbocycles. The second kappa shape index (κ2) is 5.75. The van der Waals surface area contributed by atoms with Crippen molar-refractivity contribution in [2.24, 2.45) is 11.3 Å². The van der Waals surface area contributed by atoms with Crippen LogP contribution < -0.4 is 10.6 Å². The third kappa shape index (κ3) is 2.95. The van der Waals surface area contributed by atoms with E-state index in [-0.39, 0.29) is 11.8 Å². The number of carbonyl (C=O) groups is 1. The fraction of sp³-hybridized carbons (Fsp3) is 0.800. The summed E-state index contributed by atoms with van der Waals surface area (Å²) < 4.78 is 2.03. The Morgan fingerprint density at radius 1 is 1.52 bits per heavy atom. The van der Waals surface area contributed by atoms with Crippen molar-refractivity contribution in [2.45, 2.75) is 45.6 Å². The Morgan fingerprint density at radius 2 is 2.29 bits per heavy atom. The molecule has 0 aromatic carbocycles. The third-order valence-electron chi connectivity index (χ3n) is 4.92. The highest BCUT2D eigenvalue weighted by Gasteiger charge is 2.57. The van der Waals surface area contributed by atoms with Crippen molar-refractivity contribution in [1.29, 1.82) is 0 Å². The number of hydrogen-bond acceptors (Lipinski definition) is 4. The van der Waals surface area contributed by atoms with Gasteiger partial charge in [0.25, 0.3) is 0 Å².